The summed E-state index contributed by atoms with van der Waals surface area (Å²) in [5, 5.41) is 5.59. The third-order valence-electron chi connectivity index (χ3n) is 6.81. The predicted octanol–water partition coefficient (Wildman–Crippen LogP) is 9.50. The Balaban J connectivity index is 1.64. The Morgan fingerprint density at radius 1 is 0.400 bits per heavy atom. The molecule has 166 valence electrons. The van der Waals surface area contributed by atoms with Gasteiger partial charge in [-0.2, -0.15) is 0 Å². The summed E-state index contributed by atoms with van der Waals surface area (Å²) in [5.41, 5.74) is 4.31. The van der Waals surface area contributed by atoms with Gasteiger partial charge in [-0.1, -0.05) is 78.9 Å². The zero-order valence-electron chi connectivity index (χ0n) is 18.6. The molecule has 0 atom stereocenters. The monoisotopic (exact) mass is 456 g/mol. The molecule has 3 heteroatoms. The Morgan fingerprint density at radius 2 is 0.914 bits per heavy atom. The lowest BCUT2D eigenvalue weighted by atomic mass is 9.85. The van der Waals surface area contributed by atoms with E-state index in [1.165, 1.54) is 18.2 Å². The van der Waals surface area contributed by atoms with Crippen molar-refractivity contribution in [2.24, 2.45) is 0 Å². The van der Waals surface area contributed by atoms with Crippen LogP contribution < -0.4 is 0 Å². The minimum absolute atomic E-state index is 0.00253. The molecule has 7 aromatic rings. The van der Waals surface area contributed by atoms with Crippen LogP contribution in [0.1, 0.15) is 0 Å². The Kier molecular flexibility index (Phi) is 4.27. The van der Waals surface area contributed by atoms with Gasteiger partial charge in [0, 0.05) is 16.3 Å². The van der Waals surface area contributed by atoms with Gasteiger partial charge in [0.25, 0.3) is 0 Å². The number of hydrogen-bond acceptors (Lipinski definition) is 1. The van der Waals surface area contributed by atoms with Gasteiger partial charge in [0.15, 0.2) is 0 Å². The second-order valence-corrected chi connectivity index (χ2v) is 8.75. The smallest absolute Gasteiger partial charge is 0.135 e. The van der Waals surface area contributed by atoms with Gasteiger partial charge in [0.2, 0.25) is 0 Å². The van der Waals surface area contributed by atoms with Crippen LogP contribution in [0.5, 0.6) is 0 Å². The van der Waals surface area contributed by atoms with Crippen molar-refractivity contribution in [1.82, 2.24) is 0 Å². The highest BCUT2D eigenvalue weighted by molar-refractivity contribution is 6.22. The lowest BCUT2D eigenvalue weighted by Crippen LogP contribution is -1.95. The number of halogens is 2. The van der Waals surface area contributed by atoms with E-state index in [-0.39, 0.29) is 5.56 Å². The summed E-state index contributed by atoms with van der Waals surface area (Å²) >= 11 is 0. The highest BCUT2D eigenvalue weighted by Gasteiger charge is 2.21. The summed E-state index contributed by atoms with van der Waals surface area (Å²) in [6.45, 7) is 0. The predicted molar refractivity (Wildman–Crippen MR) is 140 cm³/mol. The zero-order valence-corrected chi connectivity index (χ0v) is 18.6. The van der Waals surface area contributed by atoms with E-state index in [1.54, 1.807) is 0 Å². The van der Waals surface area contributed by atoms with Crippen molar-refractivity contribution in [2.75, 3.05) is 0 Å². The van der Waals surface area contributed by atoms with Crippen LogP contribution in [0.15, 0.2) is 114 Å². The average Bonchev–Trinajstić information content (AvgIpc) is 3.26. The second-order valence-electron chi connectivity index (χ2n) is 8.75. The van der Waals surface area contributed by atoms with Gasteiger partial charge in [-0.05, 0) is 63.0 Å². The molecule has 0 bridgehead atoms. The number of benzene rings is 6. The first-order chi connectivity index (χ1) is 17.2. The van der Waals surface area contributed by atoms with Crippen molar-refractivity contribution in [3.63, 3.8) is 0 Å². The zero-order chi connectivity index (χ0) is 23.5. The normalized spacial score (nSPS) is 11.7. The molecule has 1 aromatic heterocycles. The van der Waals surface area contributed by atoms with Crippen molar-refractivity contribution >= 4 is 43.5 Å². The SMILES string of the molecule is Fc1cccc(F)c1-c1c2ccccc2c(-c2ccc3oc4ccccc4c3c2)c2ccccc12. The van der Waals surface area contributed by atoms with E-state index in [9.17, 15) is 0 Å². The minimum Gasteiger partial charge on any atom is -0.456 e. The summed E-state index contributed by atoms with van der Waals surface area (Å²) in [7, 11) is 0. The molecule has 0 aliphatic rings. The largest absolute Gasteiger partial charge is 0.456 e. The van der Waals surface area contributed by atoms with Gasteiger partial charge < -0.3 is 4.42 Å². The number of para-hydroxylation sites is 1. The maximum absolute atomic E-state index is 15.1. The third kappa shape index (κ3) is 2.91. The molecule has 0 radical (unpaired) electrons. The minimum atomic E-state index is -0.570. The molecular formula is C32H18F2O. The van der Waals surface area contributed by atoms with Crippen molar-refractivity contribution in [3.05, 3.63) is 121 Å². The summed E-state index contributed by atoms with van der Waals surface area (Å²) in [6.07, 6.45) is 0. The van der Waals surface area contributed by atoms with Gasteiger partial charge in [-0.25, -0.2) is 8.78 Å². The first-order valence-corrected chi connectivity index (χ1v) is 11.5. The van der Waals surface area contributed by atoms with E-state index in [0.717, 1.165) is 54.6 Å². The van der Waals surface area contributed by atoms with Crippen LogP contribution in [-0.4, -0.2) is 0 Å². The van der Waals surface area contributed by atoms with E-state index >= 15 is 8.78 Å². The highest BCUT2D eigenvalue weighted by Crippen LogP contribution is 2.45. The fourth-order valence-electron chi connectivity index (χ4n) is 5.33. The molecule has 6 aromatic carbocycles. The van der Waals surface area contributed by atoms with E-state index in [2.05, 4.69) is 18.2 Å². The Bertz CT molecular complexity index is 1850. The Labute approximate surface area is 199 Å². The average molecular weight is 456 g/mol. The van der Waals surface area contributed by atoms with Crippen molar-refractivity contribution in [2.45, 2.75) is 0 Å². The molecule has 0 N–H and O–H groups in total. The van der Waals surface area contributed by atoms with E-state index in [1.807, 2.05) is 72.8 Å². The first-order valence-electron chi connectivity index (χ1n) is 11.5. The summed E-state index contributed by atoms with van der Waals surface area (Å²) in [6, 6.07) is 33.9. The number of rotatable bonds is 2. The third-order valence-corrected chi connectivity index (χ3v) is 6.81. The molecule has 1 nitrogen and oxygen atoms in total. The standard InChI is InChI=1S/C32H18F2O/c33-26-13-7-14-27(34)32(26)31-23-11-3-1-9-21(23)30(22-10-2-4-12-24(22)31)19-16-17-29-25(18-19)20-8-5-6-15-28(20)35-29/h1-18H. The molecule has 35 heavy (non-hydrogen) atoms. The van der Waals surface area contributed by atoms with Gasteiger partial charge in [-0.15, -0.1) is 0 Å². The van der Waals surface area contributed by atoms with Crippen LogP contribution in [-0.2, 0) is 0 Å². The van der Waals surface area contributed by atoms with Crippen molar-refractivity contribution in [1.29, 1.82) is 0 Å². The molecule has 1 heterocycles. The highest BCUT2D eigenvalue weighted by atomic mass is 19.1. The van der Waals surface area contributed by atoms with Gasteiger partial charge in [0.1, 0.15) is 22.8 Å². The van der Waals surface area contributed by atoms with Crippen LogP contribution in [0.4, 0.5) is 8.78 Å². The molecule has 0 saturated heterocycles. The van der Waals surface area contributed by atoms with Crippen LogP contribution in [0.2, 0.25) is 0 Å². The molecule has 0 fully saturated rings. The van der Waals surface area contributed by atoms with Crippen LogP contribution in [0, 0.1) is 11.6 Å². The lowest BCUT2D eigenvalue weighted by molar-refractivity contribution is 0.590. The fourth-order valence-corrected chi connectivity index (χ4v) is 5.33. The van der Waals surface area contributed by atoms with Gasteiger partial charge >= 0.3 is 0 Å². The first kappa shape index (κ1) is 19.9. The molecule has 0 aliphatic carbocycles. The summed E-state index contributed by atoms with van der Waals surface area (Å²) in [5.74, 6) is -1.14. The second kappa shape index (κ2) is 7.51. The van der Waals surface area contributed by atoms with E-state index < -0.39 is 11.6 Å². The van der Waals surface area contributed by atoms with Crippen LogP contribution in [0.3, 0.4) is 0 Å². The van der Waals surface area contributed by atoms with Gasteiger partial charge in [-0.3, -0.25) is 0 Å². The topological polar surface area (TPSA) is 13.1 Å². The molecular weight excluding hydrogens is 438 g/mol. The summed E-state index contributed by atoms with van der Waals surface area (Å²) in [4.78, 5) is 0. The molecule has 7 rings (SSSR count). The maximum Gasteiger partial charge on any atom is 0.135 e. The lowest BCUT2D eigenvalue weighted by Gasteiger charge is -2.18. The fraction of sp³-hybridized carbons (Fsp3) is 0. The Hall–Kier alpha value is -4.50. The van der Waals surface area contributed by atoms with Crippen molar-refractivity contribution < 1.29 is 13.2 Å². The molecule has 0 unspecified atom stereocenters. The molecule has 0 spiro atoms. The van der Waals surface area contributed by atoms with Crippen molar-refractivity contribution in [3.8, 4) is 22.3 Å². The number of hydrogen-bond donors (Lipinski definition) is 0. The summed E-state index contributed by atoms with van der Waals surface area (Å²) < 4.78 is 36.1. The molecule has 0 saturated carbocycles. The quantitative estimate of drug-likeness (QED) is 0.236. The Morgan fingerprint density at radius 3 is 1.54 bits per heavy atom. The van der Waals surface area contributed by atoms with Gasteiger partial charge in [0.05, 0.1) is 5.56 Å². The van der Waals surface area contributed by atoms with Crippen LogP contribution >= 0.6 is 0 Å². The van der Waals surface area contributed by atoms with E-state index in [0.29, 0.717) is 5.56 Å². The number of fused-ring (bicyclic) bond motifs is 5. The van der Waals surface area contributed by atoms with E-state index in [4.69, 9.17) is 4.42 Å². The number of furan rings is 1. The molecule has 0 amide bonds. The maximum atomic E-state index is 15.1. The van der Waals surface area contributed by atoms with Crippen LogP contribution in [0.25, 0.3) is 65.7 Å². The molecule has 0 aliphatic heterocycles.